The number of likely N-dealkylation sites (N-methyl/N-ethyl adjacent to an activating group) is 1. The number of carbonyl (C=O) groups is 2. The van der Waals surface area contributed by atoms with E-state index in [2.05, 4.69) is 0 Å². The number of rotatable bonds is 5. The van der Waals surface area contributed by atoms with Crippen molar-refractivity contribution in [2.24, 2.45) is 0 Å². The van der Waals surface area contributed by atoms with Gasteiger partial charge in [-0.25, -0.2) is 8.78 Å². The second kappa shape index (κ2) is 8.33. The summed E-state index contributed by atoms with van der Waals surface area (Å²) in [5.74, 6) is -1.30. The minimum absolute atomic E-state index is 0.124. The first-order valence-corrected chi connectivity index (χ1v) is 9.17. The minimum atomic E-state index is -0.614. The molecule has 2 aromatic rings. The molecule has 0 aliphatic carbocycles. The van der Waals surface area contributed by atoms with Gasteiger partial charge in [0.15, 0.2) is 0 Å². The van der Waals surface area contributed by atoms with Gasteiger partial charge in [-0.2, -0.15) is 0 Å². The summed E-state index contributed by atoms with van der Waals surface area (Å²) in [5.41, 5.74) is 1.78. The number of benzene rings is 2. The Morgan fingerprint density at radius 3 is 2.54 bits per heavy atom. The smallest absolute Gasteiger partial charge is 0.246 e. The van der Waals surface area contributed by atoms with Crippen molar-refractivity contribution in [3.05, 3.63) is 71.3 Å². The average Bonchev–Trinajstić information content (AvgIpc) is 3.13. The summed E-state index contributed by atoms with van der Waals surface area (Å²) in [7, 11) is 1.55. The summed E-state index contributed by atoms with van der Waals surface area (Å²) in [6, 6.07) is 9.96. The van der Waals surface area contributed by atoms with E-state index >= 15 is 0 Å². The lowest BCUT2D eigenvalue weighted by molar-refractivity contribution is -0.126. The number of hydrogen-bond acceptors (Lipinski definition) is 2. The van der Waals surface area contributed by atoms with E-state index in [1.54, 1.807) is 24.9 Å². The second-order valence-corrected chi connectivity index (χ2v) is 6.86. The molecule has 2 amide bonds. The summed E-state index contributed by atoms with van der Waals surface area (Å²) in [5, 5.41) is 0. The fourth-order valence-corrected chi connectivity index (χ4v) is 3.21. The van der Waals surface area contributed by atoms with Crippen molar-refractivity contribution in [1.82, 2.24) is 4.90 Å². The van der Waals surface area contributed by atoms with Gasteiger partial charge in [0, 0.05) is 37.3 Å². The Morgan fingerprint density at radius 1 is 1.18 bits per heavy atom. The largest absolute Gasteiger partial charge is 0.335 e. The van der Waals surface area contributed by atoms with Gasteiger partial charge in [0.25, 0.3) is 0 Å². The first-order valence-electron chi connectivity index (χ1n) is 9.17. The highest BCUT2D eigenvalue weighted by atomic mass is 19.1. The molecule has 2 aromatic carbocycles. The van der Waals surface area contributed by atoms with Crippen molar-refractivity contribution in [2.75, 3.05) is 18.5 Å². The minimum Gasteiger partial charge on any atom is -0.335 e. The maximum Gasteiger partial charge on any atom is 0.246 e. The molecule has 6 heteroatoms. The Morgan fingerprint density at radius 2 is 1.89 bits per heavy atom. The van der Waals surface area contributed by atoms with E-state index in [4.69, 9.17) is 0 Å². The number of halogens is 2. The fraction of sp³-hybridized carbons (Fsp3) is 0.273. The van der Waals surface area contributed by atoms with Crippen LogP contribution in [0.1, 0.15) is 36.9 Å². The summed E-state index contributed by atoms with van der Waals surface area (Å²) < 4.78 is 27.3. The standard InChI is InChI=1S/C22H22F2N2O2/c1-15(19-14-17(23)8-11-20(19)24)25(2)21(27)12-7-16-5-9-18(10-6-16)26-13-3-4-22(26)28/h5-12,14-15H,3-4,13H2,1-2H3. The Bertz CT molecular complexity index is 909. The third-order valence-corrected chi connectivity index (χ3v) is 5.03. The molecule has 1 aliphatic heterocycles. The highest BCUT2D eigenvalue weighted by Crippen LogP contribution is 2.24. The molecule has 1 saturated heterocycles. The molecular formula is C22H22F2N2O2. The van der Waals surface area contributed by atoms with E-state index in [0.29, 0.717) is 6.42 Å². The highest BCUT2D eigenvalue weighted by Gasteiger charge is 2.21. The SMILES string of the molecule is CC(c1cc(F)ccc1F)N(C)C(=O)C=Cc1ccc(N2CCCC2=O)cc1. The predicted octanol–water partition coefficient (Wildman–Crippen LogP) is 4.32. The Hall–Kier alpha value is -3.02. The molecule has 1 fully saturated rings. The Labute approximate surface area is 163 Å². The molecule has 0 saturated carbocycles. The van der Waals surface area contributed by atoms with Crippen LogP contribution in [0, 0.1) is 11.6 Å². The molecule has 3 rings (SSSR count). The van der Waals surface area contributed by atoms with E-state index in [0.717, 1.165) is 42.4 Å². The van der Waals surface area contributed by atoms with E-state index in [-0.39, 0.29) is 17.4 Å². The molecule has 146 valence electrons. The van der Waals surface area contributed by atoms with Crippen molar-refractivity contribution >= 4 is 23.6 Å². The van der Waals surface area contributed by atoms with Crippen LogP contribution in [0.15, 0.2) is 48.5 Å². The van der Waals surface area contributed by atoms with Crippen molar-refractivity contribution in [2.45, 2.75) is 25.8 Å². The van der Waals surface area contributed by atoms with Crippen LogP contribution in [-0.2, 0) is 9.59 Å². The van der Waals surface area contributed by atoms with E-state index in [1.807, 2.05) is 24.3 Å². The number of anilines is 1. The van der Waals surface area contributed by atoms with Crippen LogP contribution in [-0.4, -0.2) is 30.3 Å². The molecule has 1 heterocycles. The van der Waals surface area contributed by atoms with Crippen molar-refractivity contribution in [3.63, 3.8) is 0 Å². The van der Waals surface area contributed by atoms with E-state index in [9.17, 15) is 18.4 Å². The zero-order chi connectivity index (χ0) is 20.3. The van der Waals surface area contributed by atoms with Crippen molar-refractivity contribution < 1.29 is 18.4 Å². The number of nitrogens with zero attached hydrogens (tertiary/aromatic N) is 2. The van der Waals surface area contributed by atoms with Crippen LogP contribution >= 0.6 is 0 Å². The topological polar surface area (TPSA) is 40.6 Å². The summed E-state index contributed by atoms with van der Waals surface area (Å²) in [6.07, 6.45) is 4.49. The number of carbonyl (C=O) groups excluding carboxylic acids is 2. The Kier molecular flexibility index (Phi) is 5.87. The van der Waals surface area contributed by atoms with Gasteiger partial charge >= 0.3 is 0 Å². The van der Waals surface area contributed by atoms with Crippen LogP contribution < -0.4 is 4.90 Å². The van der Waals surface area contributed by atoms with Crippen LogP contribution in [0.5, 0.6) is 0 Å². The van der Waals surface area contributed by atoms with Gasteiger partial charge in [0.05, 0.1) is 6.04 Å². The zero-order valence-electron chi connectivity index (χ0n) is 15.9. The second-order valence-electron chi connectivity index (χ2n) is 6.86. The van der Waals surface area contributed by atoms with Crippen LogP contribution in [0.2, 0.25) is 0 Å². The average molecular weight is 384 g/mol. The summed E-state index contributed by atoms with van der Waals surface area (Å²) >= 11 is 0. The Balaban J connectivity index is 1.67. The molecule has 0 radical (unpaired) electrons. The van der Waals surface area contributed by atoms with Gasteiger partial charge < -0.3 is 9.80 Å². The van der Waals surface area contributed by atoms with Crippen molar-refractivity contribution in [3.8, 4) is 0 Å². The van der Waals surface area contributed by atoms with Gasteiger partial charge in [0.2, 0.25) is 11.8 Å². The third-order valence-electron chi connectivity index (χ3n) is 5.03. The molecule has 1 unspecified atom stereocenters. The van der Waals surface area contributed by atoms with E-state index < -0.39 is 17.7 Å². The molecule has 0 N–H and O–H groups in total. The van der Waals surface area contributed by atoms with Gasteiger partial charge in [-0.1, -0.05) is 12.1 Å². The van der Waals surface area contributed by atoms with Crippen LogP contribution in [0.4, 0.5) is 14.5 Å². The van der Waals surface area contributed by atoms with Gasteiger partial charge in [-0.3, -0.25) is 9.59 Å². The highest BCUT2D eigenvalue weighted by molar-refractivity contribution is 5.95. The fourth-order valence-electron chi connectivity index (χ4n) is 3.21. The van der Waals surface area contributed by atoms with Crippen molar-refractivity contribution in [1.29, 1.82) is 0 Å². The number of amides is 2. The molecule has 1 aliphatic rings. The summed E-state index contributed by atoms with van der Waals surface area (Å²) in [6.45, 7) is 2.37. The van der Waals surface area contributed by atoms with Crippen LogP contribution in [0.25, 0.3) is 6.08 Å². The lowest BCUT2D eigenvalue weighted by Gasteiger charge is -2.24. The van der Waals surface area contributed by atoms with Crippen LogP contribution in [0.3, 0.4) is 0 Å². The first-order chi connectivity index (χ1) is 13.4. The predicted molar refractivity (Wildman–Crippen MR) is 105 cm³/mol. The molecule has 0 spiro atoms. The molecule has 0 bridgehead atoms. The first kappa shape index (κ1) is 19.7. The lowest BCUT2D eigenvalue weighted by atomic mass is 10.1. The normalized spacial score (nSPS) is 15.3. The third kappa shape index (κ3) is 4.27. The molecule has 0 aromatic heterocycles. The monoisotopic (exact) mass is 384 g/mol. The molecular weight excluding hydrogens is 362 g/mol. The zero-order valence-corrected chi connectivity index (χ0v) is 15.9. The molecule has 1 atom stereocenters. The van der Waals surface area contributed by atoms with E-state index in [1.165, 1.54) is 11.0 Å². The maximum absolute atomic E-state index is 13.9. The van der Waals surface area contributed by atoms with Gasteiger partial charge in [-0.05, 0) is 55.3 Å². The molecule has 28 heavy (non-hydrogen) atoms. The maximum atomic E-state index is 13.9. The quantitative estimate of drug-likeness (QED) is 0.720. The van der Waals surface area contributed by atoms with Gasteiger partial charge in [-0.15, -0.1) is 0 Å². The number of hydrogen-bond donors (Lipinski definition) is 0. The summed E-state index contributed by atoms with van der Waals surface area (Å²) in [4.78, 5) is 27.3. The molecule has 4 nitrogen and oxygen atoms in total. The lowest BCUT2D eigenvalue weighted by Crippen LogP contribution is -2.28. The van der Waals surface area contributed by atoms with Gasteiger partial charge in [0.1, 0.15) is 11.6 Å².